The van der Waals surface area contributed by atoms with Crippen LogP contribution in [-0.4, -0.2) is 23.4 Å². The molecule has 3 nitrogen and oxygen atoms in total. The summed E-state index contributed by atoms with van der Waals surface area (Å²) >= 11 is 0. The van der Waals surface area contributed by atoms with Crippen LogP contribution in [-0.2, 0) is 17.9 Å². The zero-order valence-corrected chi connectivity index (χ0v) is 9.42. The van der Waals surface area contributed by atoms with Gasteiger partial charge in [-0.1, -0.05) is 6.07 Å². The van der Waals surface area contributed by atoms with Crippen LogP contribution >= 0.6 is 0 Å². The fourth-order valence-corrected chi connectivity index (χ4v) is 1.20. The van der Waals surface area contributed by atoms with Crippen LogP contribution in [0.1, 0.15) is 11.3 Å². The topological polar surface area (TPSA) is 48.1 Å². The van der Waals surface area contributed by atoms with Crippen molar-refractivity contribution in [3.05, 3.63) is 29.6 Å². The monoisotopic (exact) mass is 288 g/mol. The zero-order valence-electron chi connectivity index (χ0n) is 9.42. The molecule has 2 N–H and O–H groups in total. The highest BCUT2D eigenvalue weighted by Crippen LogP contribution is 2.36. The van der Waals surface area contributed by atoms with Crippen molar-refractivity contribution in [1.29, 1.82) is 0 Å². The lowest BCUT2D eigenvalue weighted by Crippen LogP contribution is -2.44. The first-order valence-corrected chi connectivity index (χ1v) is 5.03. The molecular formula is C10H10F6N2O. The highest BCUT2D eigenvalue weighted by Gasteiger charge is 2.57. The van der Waals surface area contributed by atoms with Gasteiger partial charge in [0.05, 0.1) is 12.3 Å². The second-order valence-corrected chi connectivity index (χ2v) is 3.64. The maximum absolute atomic E-state index is 12.2. The molecule has 108 valence electrons. The molecule has 0 aromatic carbocycles. The lowest BCUT2D eigenvalue weighted by molar-refractivity contribution is -0.324. The molecule has 1 aromatic rings. The summed E-state index contributed by atoms with van der Waals surface area (Å²) in [6.45, 7) is -0.726. The Kier molecular flexibility index (Phi) is 4.75. The maximum atomic E-state index is 12.2. The maximum Gasteiger partial charge on any atom is 0.423 e. The molecule has 0 amide bonds. The van der Waals surface area contributed by atoms with Crippen molar-refractivity contribution in [2.24, 2.45) is 5.73 Å². The number of rotatable bonds is 4. The zero-order chi connectivity index (χ0) is 14.7. The number of hydrogen-bond acceptors (Lipinski definition) is 3. The predicted octanol–water partition coefficient (Wildman–Crippen LogP) is 2.55. The number of ether oxygens (including phenoxy) is 1. The summed E-state index contributed by atoms with van der Waals surface area (Å²) in [4.78, 5) is 3.65. The van der Waals surface area contributed by atoms with Gasteiger partial charge in [-0.3, -0.25) is 4.98 Å². The van der Waals surface area contributed by atoms with Crippen molar-refractivity contribution < 1.29 is 31.1 Å². The average Bonchev–Trinajstić information content (AvgIpc) is 2.26. The minimum atomic E-state index is -5.52. The van der Waals surface area contributed by atoms with Gasteiger partial charge in [0, 0.05) is 12.7 Å². The van der Waals surface area contributed by atoms with E-state index in [0.717, 1.165) is 0 Å². The van der Waals surface area contributed by atoms with E-state index in [0.29, 0.717) is 5.56 Å². The number of nitrogens with two attached hydrogens (primary N) is 1. The van der Waals surface area contributed by atoms with Crippen LogP contribution < -0.4 is 5.73 Å². The molecule has 0 spiro atoms. The van der Waals surface area contributed by atoms with Crippen LogP contribution in [0.5, 0.6) is 0 Å². The molecule has 1 rings (SSSR count). The third-order valence-corrected chi connectivity index (χ3v) is 2.11. The predicted molar refractivity (Wildman–Crippen MR) is 52.8 cm³/mol. The van der Waals surface area contributed by atoms with E-state index in [2.05, 4.69) is 9.72 Å². The first-order chi connectivity index (χ1) is 8.64. The van der Waals surface area contributed by atoms with Gasteiger partial charge in [0.1, 0.15) is 0 Å². The molecule has 9 heteroatoms. The second kappa shape index (κ2) is 5.74. The van der Waals surface area contributed by atoms with Crippen molar-refractivity contribution in [2.75, 3.05) is 0 Å². The Morgan fingerprint density at radius 2 is 1.68 bits per heavy atom. The van der Waals surface area contributed by atoms with Crippen molar-refractivity contribution in [1.82, 2.24) is 4.98 Å². The van der Waals surface area contributed by atoms with Gasteiger partial charge < -0.3 is 10.5 Å². The molecule has 0 fully saturated rings. The third kappa shape index (κ3) is 4.67. The molecule has 0 aliphatic carbocycles. The van der Waals surface area contributed by atoms with Gasteiger partial charge in [-0.05, 0) is 11.6 Å². The first kappa shape index (κ1) is 15.7. The molecule has 0 radical (unpaired) electrons. The summed E-state index contributed by atoms with van der Waals surface area (Å²) in [5, 5.41) is 0. The molecular weight excluding hydrogens is 278 g/mol. The standard InChI is InChI=1S/C10H10F6N2O/c11-9(12,13)8(10(14,15)16)19-5-7-2-1-6(3-17)4-18-7/h1-2,4,8H,3,5,17H2. The van der Waals surface area contributed by atoms with Crippen LogP contribution in [0, 0.1) is 0 Å². The molecule has 19 heavy (non-hydrogen) atoms. The van der Waals surface area contributed by atoms with Gasteiger partial charge in [-0.2, -0.15) is 26.3 Å². The van der Waals surface area contributed by atoms with E-state index in [4.69, 9.17) is 5.73 Å². The summed E-state index contributed by atoms with van der Waals surface area (Å²) in [7, 11) is 0. The van der Waals surface area contributed by atoms with Crippen LogP contribution in [0.15, 0.2) is 18.3 Å². The van der Waals surface area contributed by atoms with Gasteiger partial charge in [0.25, 0.3) is 0 Å². The summed E-state index contributed by atoms with van der Waals surface area (Å²) < 4.78 is 76.8. The molecule has 0 atom stereocenters. The van der Waals surface area contributed by atoms with E-state index in [1.165, 1.54) is 18.3 Å². The van der Waals surface area contributed by atoms with E-state index >= 15 is 0 Å². The molecule has 0 bridgehead atoms. The summed E-state index contributed by atoms with van der Waals surface area (Å²) in [5.41, 5.74) is 5.83. The molecule has 1 heterocycles. The largest absolute Gasteiger partial charge is 0.423 e. The van der Waals surface area contributed by atoms with Gasteiger partial charge >= 0.3 is 12.4 Å². The van der Waals surface area contributed by atoms with E-state index in [1.54, 1.807) is 0 Å². The number of pyridine rings is 1. The Labute approximate surface area is 104 Å². The van der Waals surface area contributed by atoms with E-state index in [9.17, 15) is 26.3 Å². The molecule has 0 saturated heterocycles. The van der Waals surface area contributed by atoms with Gasteiger partial charge in [-0.15, -0.1) is 0 Å². The Morgan fingerprint density at radius 3 is 2.05 bits per heavy atom. The highest BCUT2D eigenvalue weighted by atomic mass is 19.4. The Hall–Kier alpha value is -1.35. The van der Waals surface area contributed by atoms with E-state index in [-0.39, 0.29) is 12.2 Å². The van der Waals surface area contributed by atoms with Crippen molar-refractivity contribution >= 4 is 0 Å². The Balaban J connectivity index is 2.71. The number of hydrogen-bond donors (Lipinski definition) is 1. The minimum absolute atomic E-state index is 0.0456. The fraction of sp³-hybridized carbons (Fsp3) is 0.500. The third-order valence-electron chi connectivity index (χ3n) is 2.11. The molecule has 0 saturated carbocycles. The Morgan fingerprint density at radius 1 is 1.11 bits per heavy atom. The number of alkyl halides is 6. The molecule has 0 aliphatic heterocycles. The second-order valence-electron chi connectivity index (χ2n) is 3.64. The van der Waals surface area contributed by atoms with Crippen LogP contribution in [0.25, 0.3) is 0 Å². The van der Waals surface area contributed by atoms with E-state index < -0.39 is 25.1 Å². The van der Waals surface area contributed by atoms with Gasteiger partial charge in [0.2, 0.25) is 6.10 Å². The van der Waals surface area contributed by atoms with Crippen molar-refractivity contribution in [3.63, 3.8) is 0 Å². The van der Waals surface area contributed by atoms with Crippen LogP contribution in [0.2, 0.25) is 0 Å². The summed E-state index contributed by atoms with van der Waals surface area (Å²) in [6.07, 6.45) is -13.6. The van der Waals surface area contributed by atoms with Crippen molar-refractivity contribution in [2.45, 2.75) is 31.6 Å². The van der Waals surface area contributed by atoms with Crippen LogP contribution in [0.4, 0.5) is 26.3 Å². The first-order valence-electron chi connectivity index (χ1n) is 5.03. The lowest BCUT2D eigenvalue weighted by atomic mass is 10.2. The van der Waals surface area contributed by atoms with Crippen LogP contribution in [0.3, 0.4) is 0 Å². The fourth-order valence-electron chi connectivity index (χ4n) is 1.20. The average molecular weight is 288 g/mol. The molecule has 0 unspecified atom stereocenters. The highest BCUT2D eigenvalue weighted by molar-refractivity contribution is 5.13. The normalized spacial score (nSPS) is 13.1. The number of halogens is 6. The molecule has 0 aliphatic rings. The number of nitrogens with zero attached hydrogens (tertiary/aromatic N) is 1. The quantitative estimate of drug-likeness (QED) is 0.866. The smallest absolute Gasteiger partial charge is 0.354 e. The summed E-state index contributed by atoms with van der Waals surface area (Å²) in [6, 6.07) is 2.70. The van der Waals surface area contributed by atoms with Gasteiger partial charge in [-0.25, -0.2) is 0 Å². The van der Waals surface area contributed by atoms with E-state index in [1.807, 2.05) is 0 Å². The minimum Gasteiger partial charge on any atom is -0.354 e. The molecule has 1 aromatic heterocycles. The van der Waals surface area contributed by atoms with Crippen molar-refractivity contribution in [3.8, 4) is 0 Å². The Bertz CT molecular complexity index is 386. The van der Waals surface area contributed by atoms with Gasteiger partial charge in [0.15, 0.2) is 0 Å². The SMILES string of the molecule is NCc1ccc(COC(C(F)(F)F)C(F)(F)F)nc1. The summed E-state index contributed by atoms with van der Waals surface area (Å²) in [5.74, 6) is 0. The lowest BCUT2D eigenvalue weighted by Gasteiger charge is -2.22. The number of aromatic nitrogens is 1.